The van der Waals surface area contributed by atoms with Crippen LogP contribution in [0.5, 0.6) is 5.75 Å². The summed E-state index contributed by atoms with van der Waals surface area (Å²) in [6.45, 7) is 0.356. The molecule has 4 nitrogen and oxygen atoms in total. The summed E-state index contributed by atoms with van der Waals surface area (Å²) in [7, 11) is 1.59. The zero-order valence-corrected chi connectivity index (χ0v) is 8.91. The van der Waals surface area contributed by atoms with E-state index in [9.17, 15) is 4.79 Å². The van der Waals surface area contributed by atoms with Crippen molar-refractivity contribution in [3.8, 4) is 18.1 Å². The molecule has 0 bridgehead atoms. The fourth-order valence-electron chi connectivity index (χ4n) is 1.73. The van der Waals surface area contributed by atoms with E-state index in [1.807, 2.05) is 18.2 Å². The fourth-order valence-corrected chi connectivity index (χ4v) is 1.73. The van der Waals surface area contributed by atoms with Crippen LogP contribution in [0.3, 0.4) is 0 Å². The molecule has 1 aliphatic heterocycles. The van der Waals surface area contributed by atoms with Gasteiger partial charge in [0.15, 0.2) is 0 Å². The average Bonchev–Trinajstić information content (AvgIpc) is 2.61. The first-order valence-electron chi connectivity index (χ1n) is 4.92. The lowest BCUT2D eigenvalue weighted by Crippen LogP contribution is -2.27. The Kier molecular flexibility index (Phi) is 2.80. The maximum Gasteiger partial charge on any atom is 0.246 e. The second kappa shape index (κ2) is 4.25. The van der Waals surface area contributed by atoms with Crippen molar-refractivity contribution in [2.75, 3.05) is 19.0 Å². The van der Waals surface area contributed by atoms with Gasteiger partial charge in [-0.15, -0.1) is 6.42 Å². The first-order chi connectivity index (χ1) is 7.76. The van der Waals surface area contributed by atoms with E-state index in [2.05, 4.69) is 16.6 Å². The predicted octanol–water partition coefficient (Wildman–Crippen LogP) is 0.911. The summed E-state index contributed by atoms with van der Waals surface area (Å²) in [5.74, 6) is 3.09. The van der Waals surface area contributed by atoms with Gasteiger partial charge >= 0.3 is 0 Å². The highest BCUT2D eigenvalue weighted by molar-refractivity contribution is 6.02. The van der Waals surface area contributed by atoms with Gasteiger partial charge in [-0.05, 0) is 18.2 Å². The lowest BCUT2D eigenvalue weighted by molar-refractivity contribution is -0.117. The quantitative estimate of drug-likeness (QED) is 0.738. The van der Waals surface area contributed by atoms with E-state index >= 15 is 0 Å². The highest BCUT2D eigenvalue weighted by Gasteiger charge is 2.30. The molecular weight excluding hydrogens is 204 g/mol. The van der Waals surface area contributed by atoms with Gasteiger partial charge in [-0.1, -0.05) is 5.92 Å². The van der Waals surface area contributed by atoms with Crippen molar-refractivity contribution >= 4 is 11.6 Å². The van der Waals surface area contributed by atoms with Crippen molar-refractivity contribution in [3.63, 3.8) is 0 Å². The highest BCUT2D eigenvalue weighted by atomic mass is 16.5. The van der Waals surface area contributed by atoms with Gasteiger partial charge < -0.3 is 10.1 Å². The molecule has 0 saturated carbocycles. The number of terminal acetylenes is 1. The summed E-state index contributed by atoms with van der Waals surface area (Å²) in [5, 5.41) is 5.77. The normalized spacial score (nSPS) is 17.5. The number of hydrogen-bond donors (Lipinski definition) is 2. The highest BCUT2D eigenvalue weighted by Crippen LogP contribution is 2.33. The topological polar surface area (TPSA) is 50.4 Å². The molecule has 4 heteroatoms. The molecule has 2 rings (SSSR count). The number of ether oxygens (including phenoxy) is 1. The molecule has 0 fully saturated rings. The fraction of sp³-hybridized carbons (Fsp3) is 0.250. The number of methoxy groups -OCH3 is 1. The van der Waals surface area contributed by atoms with Crippen LogP contribution in [0.1, 0.15) is 11.6 Å². The van der Waals surface area contributed by atoms with Crippen molar-refractivity contribution in [2.24, 2.45) is 0 Å². The van der Waals surface area contributed by atoms with Gasteiger partial charge in [0.05, 0.1) is 13.7 Å². The summed E-state index contributed by atoms with van der Waals surface area (Å²) in [5.41, 5.74) is 1.68. The first-order valence-corrected chi connectivity index (χ1v) is 4.92. The van der Waals surface area contributed by atoms with Crippen molar-refractivity contribution in [2.45, 2.75) is 6.04 Å². The van der Waals surface area contributed by atoms with Crippen LogP contribution in [0.15, 0.2) is 18.2 Å². The SMILES string of the molecule is C#CCNC1C(=O)Nc2ccc(OC)cc21. The van der Waals surface area contributed by atoms with Crippen LogP contribution in [0.25, 0.3) is 0 Å². The van der Waals surface area contributed by atoms with Crippen molar-refractivity contribution in [1.29, 1.82) is 0 Å². The molecule has 16 heavy (non-hydrogen) atoms. The van der Waals surface area contributed by atoms with Gasteiger partial charge in [-0.25, -0.2) is 0 Å². The maximum absolute atomic E-state index is 11.7. The first kappa shape index (κ1) is 10.5. The minimum absolute atomic E-state index is 0.0847. The third-order valence-corrected chi connectivity index (χ3v) is 2.50. The molecule has 82 valence electrons. The third-order valence-electron chi connectivity index (χ3n) is 2.50. The minimum atomic E-state index is -0.388. The monoisotopic (exact) mass is 216 g/mol. The van der Waals surface area contributed by atoms with E-state index in [0.717, 1.165) is 17.0 Å². The minimum Gasteiger partial charge on any atom is -0.497 e. The largest absolute Gasteiger partial charge is 0.497 e. The smallest absolute Gasteiger partial charge is 0.246 e. The summed E-state index contributed by atoms with van der Waals surface area (Å²) < 4.78 is 5.12. The molecule has 0 aromatic heterocycles. The number of benzene rings is 1. The molecule has 1 unspecified atom stereocenters. The Bertz CT molecular complexity index is 463. The Labute approximate surface area is 94.0 Å². The zero-order valence-electron chi connectivity index (χ0n) is 8.91. The standard InChI is InChI=1S/C12H12N2O2/c1-3-6-13-11-9-7-8(16-2)4-5-10(9)14-12(11)15/h1,4-5,7,11,13H,6H2,2H3,(H,14,15). The summed E-state index contributed by atoms with van der Waals surface area (Å²) in [6.07, 6.45) is 5.16. The zero-order chi connectivity index (χ0) is 11.5. The number of nitrogens with one attached hydrogen (secondary N) is 2. The molecule has 1 aromatic rings. The van der Waals surface area contributed by atoms with Crippen LogP contribution in [-0.2, 0) is 4.79 Å². The van der Waals surface area contributed by atoms with Gasteiger partial charge in [0.25, 0.3) is 0 Å². The molecule has 2 N–H and O–H groups in total. The van der Waals surface area contributed by atoms with Crippen LogP contribution < -0.4 is 15.4 Å². The lowest BCUT2D eigenvalue weighted by atomic mass is 10.1. The van der Waals surface area contributed by atoms with Crippen LogP contribution in [0.2, 0.25) is 0 Å². The summed E-state index contributed by atoms with van der Waals surface area (Å²) >= 11 is 0. The van der Waals surface area contributed by atoms with Gasteiger partial charge in [0.2, 0.25) is 5.91 Å². The van der Waals surface area contributed by atoms with E-state index in [1.54, 1.807) is 7.11 Å². The molecule has 1 amide bonds. The van der Waals surface area contributed by atoms with Crippen molar-refractivity contribution in [1.82, 2.24) is 5.32 Å². The Hall–Kier alpha value is -1.99. The maximum atomic E-state index is 11.7. The number of hydrogen-bond acceptors (Lipinski definition) is 3. The van der Waals surface area contributed by atoms with E-state index < -0.39 is 0 Å². The average molecular weight is 216 g/mol. The number of carbonyl (C=O) groups excluding carboxylic acids is 1. The molecule has 1 aromatic carbocycles. The predicted molar refractivity (Wildman–Crippen MR) is 61.2 cm³/mol. The van der Waals surface area contributed by atoms with Crippen LogP contribution in [0, 0.1) is 12.3 Å². The second-order valence-electron chi connectivity index (χ2n) is 3.46. The molecular formula is C12H12N2O2. The van der Waals surface area contributed by atoms with Crippen LogP contribution in [-0.4, -0.2) is 19.6 Å². The van der Waals surface area contributed by atoms with E-state index in [-0.39, 0.29) is 11.9 Å². The number of rotatable bonds is 3. The van der Waals surface area contributed by atoms with Gasteiger partial charge in [0.1, 0.15) is 11.8 Å². The van der Waals surface area contributed by atoms with E-state index in [1.165, 1.54) is 0 Å². The van der Waals surface area contributed by atoms with Gasteiger partial charge in [-0.2, -0.15) is 0 Å². The van der Waals surface area contributed by atoms with Crippen molar-refractivity contribution < 1.29 is 9.53 Å². The van der Waals surface area contributed by atoms with E-state index in [0.29, 0.717) is 6.54 Å². The number of fused-ring (bicyclic) bond motifs is 1. The third kappa shape index (κ3) is 1.73. The number of amides is 1. The Balaban J connectivity index is 2.31. The van der Waals surface area contributed by atoms with Crippen LogP contribution in [0.4, 0.5) is 5.69 Å². The molecule has 1 aliphatic rings. The number of anilines is 1. The molecule has 1 atom stereocenters. The summed E-state index contributed by atoms with van der Waals surface area (Å²) in [6, 6.07) is 5.08. The van der Waals surface area contributed by atoms with Crippen molar-refractivity contribution in [3.05, 3.63) is 23.8 Å². The molecule has 0 saturated heterocycles. The molecule has 0 radical (unpaired) electrons. The second-order valence-corrected chi connectivity index (χ2v) is 3.46. The molecule has 1 heterocycles. The Morgan fingerprint density at radius 1 is 1.62 bits per heavy atom. The molecule has 0 aliphatic carbocycles. The van der Waals surface area contributed by atoms with Gasteiger partial charge in [-0.3, -0.25) is 10.1 Å². The van der Waals surface area contributed by atoms with Gasteiger partial charge in [0, 0.05) is 11.3 Å². The number of carbonyl (C=O) groups is 1. The Morgan fingerprint density at radius 2 is 2.44 bits per heavy atom. The van der Waals surface area contributed by atoms with E-state index in [4.69, 9.17) is 11.2 Å². The Morgan fingerprint density at radius 3 is 3.12 bits per heavy atom. The lowest BCUT2D eigenvalue weighted by Gasteiger charge is -2.09. The van der Waals surface area contributed by atoms with Crippen LogP contribution >= 0.6 is 0 Å². The molecule has 0 spiro atoms. The summed E-state index contributed by atoms with van der Waals surface area (Å²) in [4.78, 5) is 11.7.